The van der Waals surface area contributed by atoms with Crippen LogP contribution in [0.1, 0.15) is 15.9 Å². The van der Waals surface area contributed by atoms with Crippen molar-refractivity contribution in [2.24, 2.45) is 0 Å². The van der Waals surface area contributed by atoms with Gasteiger partial charge in [0.05, 0.1) is 16.4 Å². The van der Waals surface area contributed by atoms with Crippen LogP contribution in [0.2, 0.25) is 10.0 Å². The number of hydrogen-bond donors (Lipinski definition) is 0. The Balaban J connectivity index is 1.37. The van der Waals surface area contributed by atoms with Crippen LogP contribution < -0.4 is 0 Å². The van der Waals surface area contributed by atoms with Crippen molar-refractivity contribution in [3.8, 4) is 28.1 Å². The van der Waals surface area contributed by atoms with E-state index in [0.29, 0.717) is 10.7 Å². The second-order valence-electron chi connectivity index (χ2n) is 8.64. The third kappa shape index (κ3) is 6.34. The van der Waals surface area contributed by atoms with E-state index >= 15 is 0 Å². The Morgan fingerprint density at radius 2 is 1.44 bits per heavy atom. The van der Waals surface area contributed by atoms with Crippen molar-refractivity contribution < 1.29 is 14.3 Å². The molecule has 7 heteroatoms. The van der Waals surface area contributed by atoms with Gasteiger partial charge in [-0.2, -0.15) is 5.10 Å². The number of halogens is 2. The van der Waals surface area contributed by atoms with Crippen LogP contribution in [0.25, 0.3) is 34.1 Å². The highest BCUT2D eigenvalue weighted by molar-refractivity contribution is 6.36. The predicted molar refractivity (Wildman–Crippen MR) is 155 cm³/mol. The molecule has 4 aromatic carbocycles. The maximum atomic E-state index is 12.5. The molecule has 5 aromatic rings. The van der Waals surface area contributed by atoms with E-state index in [-0.39, 0.29) is 10.6 Å². The smallest absolute Gasteiger partial charge is 0.331 e. The molecule has 0 aliphatic carbocycles. The molecule has 0 fully saturated rings. The Morgan fingerprint density at radius 1 is 0.795 bits per heavy atom. The first-order chi connectivity index (χ1) is 19.0. The third-order valence-electron chi connectivity index (χ3n) is 6.00. The van der Waals surface area contributed by atoms with Crippen molar-refractivity contribution in [1.82, 2.24) is 9.78 Å². The molecule has 0 amide bonds. The molecule has 5 rings (SSSR count). The molecule has 0 saturated carbocycles. The number of hydrogen-bond acceptors (Lipinski definition) is 4. The number of carbonyl (C=O) groups is 2. The molecule has 0 unspecified atom stereocenters. The van der Waals surface area contributed by atoms with Crippen molar-refractivity contribution in [3.63, 3.8) is 0 Å². The second kappa shape index (κ2) is 11.9. The van der Waals surface area contributed by atoms with Crippen LogP contribution in [-0.2, 0) is 9.53 Å². The molecule has 5 nitrogen and oxygen atoms in total. The van der Waals surface area contributed by atoms with E-state index in [4.69, 9.17) is 33.0 Å². The van der Waals surface area contributed by atoms with Gasteiger partial charge in [-0.05, 0) is 47.5 Å². The monoisotopic (exact) mass is 552 g/mol. The summed E-state index contributed by atoms with van der Waals surface area (Å²) < 4.78 is 6.93. The zero-order chi connectivity index (χ0) is 27.2. The van der Waals surface area contributed by atoms with Gasteiger partial charge in [-0.3, -0.25) is 4.79 Å². The number of Topliss-reactive ketones (excluding diaryl/α,β-unsaturated/α-hetero) is 1. The summed E-state index contributed by atoms with van der Waals surface area (Å²) in [5.74, 6) is -1.08. The van der Waals surface area contributed by atoms with Gasteiger partial charge in [0.15, 0.2) is 6.61 Å². The molecule has 0 aliphatic heterocycles. The van der Waals surface area contributed by atoms with Crippen LogP contribution in [0, 0.1) is 0 Å². The molecular formula is C32H22Cl2N2O3. The minimum absolute atomic E-state index is 0.204. The van der Waals surface area contributed by atoms with Crippen molar-refractivity contribution in [3.05, 3.63) is 137 Å². The average Bonchev–Trinajstić information content (AvgIpc) is 3.40. The number of carbonyl (C=O) groups excluding carboxylic acids is 2. The first-order valence-electron chi connectivity index (χ1n) is 12.1. The number of nitrogens with zero attached hydrogens (tertiary/aromatic N) is 2. The minimum Gasteiger partial charge on any atom is -0.454 e. The Kier molecular flexibility index (Phi) is 8.02. The summed E-state index contributed by atoms with van der Waals surface area (Å²) in [7, 11) is 0. The molecule has 0 N–H and O–H groups in total. The van der Waals surface area contributed by atoms with Crippen molar-refractivity contribution in [2.45, 2.75) is 0 Å². The Hall–Kier alpha value is -4.45. The zero-order valence-electron chi connectivity index (χ0n) is 20.6. The van der Waals surface area contributed by atoms with E-state index in [1.807, 2.05) is 79.0 Å². The van der Waals surface area contributed by atoms with Crippen LogP contribution in [0.3, 0.4) is 0 Å². The molecule has 39 heavy (non-hydrogen) atoms. The fourth-order valence-corrected chi connectivity index (χ4v) is 4.55. The van der Waals surface area contributed by atoms with Crippen molar-refractivity contribution in [1.29, 1.82) is 0 Å². The van der Waals surface area contributed by atoms with Crippen molar-refractivity contribution >= 4 is 41.0 Å². The fraction of sp³-hybridized carbons (Fsp3) is 0.0312. The first-order valence-corrected chi connectivity index (χ1v) is 12.9. The summed E-state index contributed by atoms with van der Waals surface area (Å²) in [6.45, 7) is -0.443. The summed E-state index contributed by atoms with van der Waals surface area (Å²) in [6, 6.07) is 32.4. The van der Waals surface area contributed by atoms with Gasteiger partial charge in [-0.1, -0.05) is 96.0 Å². The molecule has 0 saturated heterocycles. The number of ether oxygens (including phenoxy) is 1. The van der Waals surface area contributed by atoms with Gasteiger partial charge in [-0.25, -0.2) is 9.48 Å². The van der Waals surface area contributed by atoms with Gasteiger partial charge in [0.25, 0.3) is 0 Å². The first kappa shape index (κ1) is 26.2. The summed E-state index contributed by atoms with van der Waals surface area (Å²) in [4.78, 5) is 24.9. The number of ketones is 1. The summed E-state index contributed by atoms with van der Waals surface area (Å²) >= 11 is 12.0. The molecule has 1 heterocycles. The van der Waals surface area contributed by atoms with Crippen LogP contribution in [0.4, 0.5) is 0 Å². The molecule has 0 bridgehead atoms. The summed E-state index contributed by atoms with van der Waals surface area (Å²) in [5.41, 5.74) is 5.64. The SMILES string of the molecule is O=C(C=Cc1cn(-c2ccccc2)nc1-c1ccc(-c2ccccc2)cc1)OCC(=O)c1ccc(Cl)cc1Cl. The predicted octanol–water partition coefficient (Wildman–Crippen LogP) is 7.95. The average molecular weight is 553 g/mol. The lowest BCUT2D eigenvalue weighted by Gasteiger charge is -2.05. The Labute approximate surface area is 235 Å². The summed E-state index contributed by atoms with van der Waals surface area (Å²) in [6.07, 6.45) is 4.76. The van der Waals surface area contributed by atoms with E-state index in [9.17, 15) is 9.59 Å². The number of para-hydroxylation sites is 1. The number of aromatic nitrogens is 2. The highest BCUT2D eigenvalue weighted by atomic mass is 35.5. The molecule has 0 radical (unpaired) electrons. The maximum Gasteiger partial charge on any atom is 0.331 e. The van der Waals surface area contributed by atoms with Crippen LogP contribution in [0.15, 0.2) is 115 Å². The lowest BCUT2D eigenvalue weighted by molar-refractivity contribution is -0.136. The van der Waals surface area contributed by atoms with Gasteiger partial charge in [0.2, 0.25) is 5.78 Å². The van der Waals surface area contributed by atoms with Crippen molar-refractivity contribution in [2.75, 3.05) is 6.61 Å². The molecular weight excluding hydrogens is 531 g/mol. The van der Waals surface area contributed by atoms with Crippen LogP contribution >= 0.6 is 23.2 Å². The lowest BCUT2D eigenvalue weighted by Crippen LogP contribution is -2.13. The van der Waals surface area contributed by atoms with Gasteiger partial charge in [0, 0.05) is 34.0 Å². The number of benzene rings is 4. The normalized spacial score (nSPS) is 11.0. The number of esters is 1. The Bertz CT molecular complexity index is 1640. The highest BCUT2D eigenvalue weighted by Gasteiger charge is 2.14. The topological polar surface area (TPSA) is 61.2 Å². The molecule has 0 aliphatic rings. The van der Waals surface area contributed by atoms with E-state index in [2.05, 4.69) is 12.1 Å². The Morgan fingerprint density at radius 3 is 2.13 bits per heavy atom. The molecule has 192 valence electrons. The van der Waals surface area contributed by atoms with Gasteiger partial charge < -0.3 is 4.74 Å². The van der Waals surface area contributed by atoms with Gasteiger partial charge in [-0.15, -0.1) is 0 Å². The fourth-order valence-electron chi connectivity index (χ4n) is 4.03. The second-order valence-corrected chi connectivity index (χ2v) is 9.49. The maximum absolute atomic E-state index is 12.5. The van der Waals surface area contributed by atoms with Crippen LogP contribution in [-0.4, -0.2) is 28.1 Å². The zero-order valence-corrected chi connectivity index (χ0v) is 22.1. The highest BCUT2D eigenvalue weighted by Crippen LogP contribution is 2.28. The van der Waals surface area contributed by atoms with E-state index in [1.165, 1.54) is 18.2 Å². The standard InChI is InChI=1S/C32H22Cl2N2O3/c33-26-16-17-28(29(34)19-26)30(37)21-39-31(38)18-15-25-20-36(27-9-5-2-6-10-27)35-32(25)24-13-11-23(12-14-24)22-7-3-1-4-8-22/h1-20H,21H2. The minimum atomic E-state index is -0.661. The number of rotatable bonds is 8. The van der Waals surface area contributed by atoms with E-state index < -0.39 is 18.4 Å². The van der Waals surface area contributed by atoms with Gasteiger partial charge >= 0.3 is 5.97 Å². The van der Waals surface area contributed by atoms with E-state index in [0.717, 1.165) is 27.9 Å². The van der Waals surface area contributed by atoms with Gasteiger partial charge in [0.1, 0.15) is 0 Å². The largest absolute Gasteiger partial charge is 0.454 e. The lowest BCUT2D eigenvalue weighted by atomic mass is 10.0. The quantitative estimate of drug-likeness (QED) is 0.111. The third-order valence-corrected chi connectivity index (χ3v) is 6.55. The van der Waals surface area contributed by atoms with Crippen LogP contribution in [0.5, 0.6) is 0 Å². The molecule has 0 spiro atoms. The molecule has 1 aromatic heterocycles. The summed E-state index contributed by atoms with van der Waals surface area (Å²) in [5, 5.41) is 5.41. The van der Waals surface area contributed by atoms with E-state index in [1.54, 1.807) is 16.8 Å². The molecule has 0 atom stereocenters.